The summed E-state index contributed by atoms with van der Waals surface area (Å²) < 4.78 is 31.0. The van der Waals surface area contributed by atoms with Crippen LogP contribution in [0, 0.1) is 6.92 Å². The van der Waals surface area contributed by atoms with Crippen LogP contribution in [0.1, 0.15) is 16.6 Å². The van der Waals surface area contributed by atoms with Crippen molar-refractivity contribution in [1.82, 2.24) is 14.9 Å². The summed E-state index contributed by atoms with van der Waals surface area (Å²) >= 11 is 1.02. The highest BCUT2D eigenvalue weighted by Crippen LogP contribution is 2.21. The summed E-state index contributed by atoms with van der Waals surface area (Å²) in [5.41, 5.74) is 0. The normalized spacial score (nSPS) is 11.9. The summed E-state index contributed by atoms with van der Waals surface area (Å²) in [4.78, 5) is 4.48. The minimum absolute atomic E-state index is 0.0357. The summed E-state index contributed by atoms with van der Waals surface area (Å²) in [6.45, 7) is 1.41. The van der Waals surface area contributed by atoms with Crippen molar-refractivity contribution in [3.8, 4) is 0 Å². The van der Waals surface area contributed by atoms with Crippen LogP contribution in [0.3, 0.4) is 0 Å². The third-order valence-electron chi connectivity index (χ3n) is 2.05. The van der Waals surface area contributed by atoms with E-state index in [1.807, 2.05) is 0 Å². The summed E-state index contributed by atoms with van der Waals surface area (Å²) in [6.07, 6.45) is 0. The third-order valence-corrected chi connectivity index (χ3v) is 5.01. The lowest BCUT2D eigenvalue weighted by Gasteiger charge is -2.00. The molecule has 7 nitrogen and oxygen atoms in total. The largest absolute Gasteiger partial charge is 0.391 e. The molecular formula is C9H11N3O4S2. The van der Waals surface area contributed by atoms with E-state index >= 15 is 0 Å². The zero-order valence-corrected chi connectivity index (χ0v) is 11.1. The van der Waals surface area contributed by atoms with E-state index in [9.17, 15) is 8.42 Å². The Kier molecular flexibility index (Phi) is 3.76. The molecule has 0 amide bonds. The van der Waals surface area contributed by atoms with E-state index in [0.717, 1.165) is 11.3 Å². The zero-order valence-electron chi connectivity index (χ0n) is 9.45. The Hall–Kier alpha value is -1.29. The first kappa shape index (κ1) is 13.1. The minimum Gasteiger partial charge on any atom is -0.391 e. The van der Waals surface area contributed by atoms with E-state index in [2.05, 4.69) is 14.9 Å². The smallest absolute Gasteiger partial charge is 0.250 e. The predicted molar refractivity (Wildman–Crippen MR) is 63.3 cm³/mol. The summed E-state index contributed by atoms with van der Waals surface area (Å²) in [5.74, 6) is 0.651. The van der Waals surface area contributed by atoms with E-state index in [4.69, 9.17) is 9.63 Å². The molecule has 9 heteroatoms. The maximum absolute atomic E-state index is 11.9. The van der Waals surface area contributed by atoms with E-state index in [1.165, 1.54) is 6.07 Å². The van der Waals surface area contributed by atoms with Crippen molar-refractivity contribution < 1.29 is 18.0 Å². The van der Waals surface area contributed by atoms with Crippen molar-refractivity contribution in [3.05, 3.63) is 28.7 Å². The Morgan fingerprint density at radius 1 is 1.50 bits per heavy atom. The summed E-state index contributed by atoms with van der Waals surface area (Å²) in [7, 11) is -3.60. The fourth-order valence-electron chi connectivity index (χ4n) is 1.23. The fraction of sp³-hybridized carbons (Fsp3) is 0.333. The number of aryl methyl sites for hydroxylation is 1. The Morgan fingerprint density at radius 2 is 2.28 bits per heavy atom. The number of aliphatic hydroxyl groups is 1. The fourth-order valence-corrected chi connectivity index (χ4v) is 3.47. The molecule has 2 N–H and O–H groups in total. The zero-order chi connectivity index (χ0) is 13.2. The first-order chi connectivity index (χ1) is 8.51. The number of rotatable bonds is 5. The molecule has 0 unspecified atom stereocenters. The van der Waals surface area contributed by atoms with Gasteiger partial charge >= 0.3 is 0 Å². The van der Waals surface area contributed by atoms with Gasteiger partial charge in [0.2, 0.25) is 15.9 Å². The van der Waals surface area contributed by atoms with Crippen molar-refractivity contribution in [1.29, 1.82) is 0 Å². The molecule has 0 atom stereocenters. The maximum Gasteiger partial charge on any atom is 0.250 e. The van der Waals surface area contributed by atoms with Crippen molar-refractivity contribution in [2.45, 2.75) is 24.3 Å². The average Bonchev–Trinajstić information content (AvgIpc) is 2.95. The lowest BCUT2D eigenvalue weighted by molar-refractivity contribution is 0.285. The van der Waals surface area contributed by atoms with Gasteiger partial charge in [0.1, 0.15) is 4.21 Å². The van der Waals surface area contributed by atoms with Crippen LogP contribution in [0.5, 0.6) is 0 Å². The molecule has 0 aliphatic heterocycles. The number of thiophene rings is 1. The van der Waals surface area contributed by atoms with Crippen LogP contribution in [0.25, 0.3) is 0 Å². The van der Waals surface area contributed by atoms with E-state index < -0.39 is 10.0 Å². The SMILES string of the molecule is Cc1nc(CNS(=O)(=O)c2ccc(CO)s2)no1. The minimum atomic E-state index is -3.60. The molecule has 0 bridgehead atoms. The van der Waals surface area contributed by atoms with Crippen molar-refractivity contribution >= 4 is 21.4 Å². The molecule has 2 aromatic rings. The van der Waals surface area contributed by atoms with Crippen LogP contribution in [-0.4, -0.2) is 23.7 Å². The van der Waals surface area contributed by atoms with Crippen LogP contribution in [-0.2, 0) is 23.2 Å². The van der Waals surface area contributed by atoms with Gasteiger partial charge in [0.15, 0.2) is 5.82 Å². The molecule has 98 valence electrons. The number of sulfonamides is 1. The first-order valence-corrected chi connectivity index (χ1v) is 7.29. The number of aliphatic hydroxyl groups excluding tert-OH is 1. The molecule has 2 heterocycles. The van der Waals surface area contributed by atoms with Gasteiger partial charge in [-0.25, -0.2) is 13.1 Å². The molecular weight excluding hydrogens is 278 g/mol. The van der Waals surface area contributed by atoms with Gasteiger partial charge in [-0.2, -0.15) is 4.98 Å². The number of nitrogens with one attached hydrogen (secondary N) is 1. The van der Waals surface area contributed by atoms with E-state index in [-0.39, 0.29) is 23.2 Å². The highest BCUT2D eigenvalue weighted by molar-refractivity contribution is 7.91. The van der Waals surface area contributed by atoms with Gasteiger partial charge in [-0.05, 0) is 12.1 Å². The van der Waals surface area contributed by atoms with Gasteiger partial charge in [-0.15, -0.1) is 11.3 Å². The molecule has 0 spiro atoms. The lowest BCUT2D eigenvalue weighted by atomic mass is 10.5. The molecule has 0 saturated carbocycles. The van der Waals surface area contributed by atoms with Crippen LogP contribution < -0.4 is 4.72 Å². The van der Waals surface area contributed by atoms with Gasteiger partial charge in [-0.1, -0.05) is 5.16 Å². The predicted octanol–water partition coefficient (Wildman–Crippen LogP) is 0.410. The molecule has 0 aliphatic rings. The highest BCUT2D eigenvalue weighted by atomic mass is 32.2. The van der Waals surface area contributed by atoms with Gasteiger partial charge in [-0.3, -0.25) is 0 Å². The molecule has 0 radical (unpaired) electrons. The second-order valence-electron chi connectivity index (χ2n) is 3.43. The van der Waals surface area contributed by atoms with Crippen LogP contribution in [0.2, 0.25) is 0 Å². The highest BCUT2D eigenvalue weighted by Gasteiger charge is 2.17. The number of hydrogen-bond donors (Lipinski definition) is 2. The Balaban J connectivity index is 2.07. The quantitative estimate of drug-likeness (QED) is 0.826. The average molecular weight is 289 g/mol. The Bertz CT molecular complexity index is 632. The lowest BCUT2D eigenvalue weighted by Crippen LogP contribution is -2.23. The molecule has 0 aliphatic carbocycles. The molecule has 0 aromatic carbocycles. The second kappa shape index (κ2) is 5.14. The number of aromatic nitrogens is 2. The van der Waals surface area contributed by atoms with E-state index in [1.54, 1.807) is 13.0 Å². The van der Waals surface area contributed by atoms with Crippen LogP contribution in [0.15, 0.2) is 20.9 Å². The van der Waals surface area contributed by atoms with Crippen molar-refractivity contribution in [2.24, 2.45) is 0 Å². The molecule has 2 rings (SSSR count). The second-order valence-corrected chi connectivity index (χ2v) is 6.60. The van der Waals surface area contributed by atoms with Gasteiger partial charge in [0.25, 0.3) is 0 Å². The van der Waals surface area contributed by atoms with Crippen LogP contribution >= 0.6 is 11.3 Å². The Labute approximate surface area is 108 Å². The van der Waals surface area contributed by atoms with Gasteiger partial charge in [0, 0.05) is 11.8 Å². The van der Waals surface area contributed by atoms with Crippen LogP contribution in [0.4, 0.5) is 0 Å². The molecule has 0 fully saturated rings. The topological polar surface area (TPSA) is 105 Å². The summed E-state index contributed by atoms with van der Waals surface area (Å²) in [6, 6.07) is 3.01. The number of nitrogens with zero attached hydrogens (tertiary/aromatic N) is 2. The summed E-state index contributed by atoms with van der Waals surface area (Å²) in [5, 5.41) is 12.5. The van der Waals surface area contributed by atoms with Crippen molar-refractivity contribution in [3.63, 3.8) is 0 Å². The monoisotopic (exact) mass is 289 g/mol. The van der Waals surface area contributed by atoms with Crippen molar-refractivity contribution in [2.75, 3.05) is 0 Å². The van der Waals surface area contributed by atoms with E-state index in [0.29, 0.717) is 10.8 Å². The van der Waals surface area contributed by atoms with Gasteiger partial charge in [0.05, 0.1) is 13.2 Å². The Morgan fingerprint density at radius 3 is 2.83 bits per heavy atom. The first-order valence-electron chi connectivity index (χ1n) is 4.99. The van der Waals surface area contributed by atoms with Gasteiger partial charge < -0.3 is 9.63 Å². The molecule has 2 aromatic heterocycles. The number of hydrogen-bond acceptors (Lipinski definition) is 7. The standard InChI is InChI=1S/C9H11N3O4S2/c1-6-11-8(12-16-6)4-10-18(14,15)9-3-2-7(5-13)17-9/h2-3,10,13H,4-5H2,1H3. The molecule has 18 heavy (non-hydrogen) atoms. The molecule has 0 saturated heterocycles. The third kappa shape index (κ3) is 2.93. The maximum atomic E-state index is 11.9.